The van der Waals surface area contributed by atoms with E-state index in [4.69, 9.17) is 0 Å². The van der Waals surface area contributed by atoms with E-state index in [9.17, 15) is 4.79 Å². The van der Waals surface area contributed by atoms with Gasteiger partial charge in [-0.05, 0) is 30.5 Å². The SMILES string of the molecule is O=C(CNCCn1cccn1)N1CCCc2ccccc21. The molecule has 21 heavy (non-hydrogen) atoms. The lowest BCUT2D eigenvalue weighted by Crippen LogP contribution is -2.41. The van der Waals surface area contributed by atoms with Crippen LogP contribution in [0.5, 0.6) is 0 Å². The standard InChI is InChI=1S/C16H20N4O/c21-16(13-17-9-12-19-10-4-8-18-19)20-11-3-6-14-5-1-2-7-15(14)20/h1-2,4-5,7-8,10,17H,3,6,9,11-13H2. The number of anilines is 1. The van der Waals surface area contributed by atoms with Crippen LogP contribution in [0.4, 0.5) is 5.69 Å². The van der Waals surface area contributed by atoms with E-state index in [2.05, 4.69) is 16.5 Å². The molecule has 2 heterocycles. The van der Waals surface area contributed by atoms with E-state index in [0.717, 1.165) is 38.2 Å². The number of carbonyl (C=O) groups excluding carboxylic acids is 1. The minimum absolute atomic E-state index is 0.141. The average molecular weight is 284 g/mol. The molecule has 0 unspecified atom stereocenters. The molecule has 5 heteroatoms. The van der Waals surface area contributed by atoms with Gasteiger partial charge in [0, 0.05) is 31.2 Å². The van der Waals surface area contributed by atoms with Gasteiger partial charge in [-0.25, -0.2) is 0 Å². The van der Waals surface area contributed by atoms with Crippen LogP contribution >= 0.6 is 0 Å². The third kappa shape index (κ3) is 3.31. The van der Waals surface area contributed by atoms with Gasteiger partial charge >= 0.3 is 0 Å². The molecule has 0 saturated carbocycles. The topological polar surface area (TPSA) is 50.2 Å². The van der Waals surface area contributed by atoms with E-state index in [0.29, 0.717) is 6.54 Å². The Balaban J connectivity index is 1.52. The van der Waals surface area contributed by atoms with E-state index in [1.807, 2.05) is 40.0 Å². The molecule has 3 rings (SSSR count). The second-order valence-corrected chi connectivity index (χ2v) is 5.22. The molecule has 0 atom stereocenters. The highest BCUT2D eigenvalue weighted by molar-refractivity contribution is 5.95. The molecule has 1 aromatic carbocycles. The molecule has 110 valence electrons. The minimum Gasteiger partial charge on any atom is -0.311 e. The Labute approximate surface area is 124 Å². The molecular weight excluding hydrogens is 264 g/mol. The number of nitrogens with zero attached hydrogens (tertiary/aromatic N) is 3. The number of aromatic nitrogens is 2. The zero-order valence-corrected chi connectivity index (χ0v) is 12.0. The van der Waals surface area contributed by atoms with E-state index in [-0.39, 0.29) is 5.91 Å². The highest BCUT2D eigenvalue weighted by Crippen LogP contribution is 2.26. The second-order valence-electron chi connectivity index (χ2n) is 5.22. The number of hydrogen-bond acceptors (Lipinski definition) is 3. The molecule has 0 aliphatic carbocycles. The van der Waals surface area contributed by atoms with Gasteiger partial charge in [-0.2, -0.15) is 5.10 Å². The van der Waals surface area contributed by atoms with Gasteiger partial charge in [-0.3, -0.25) is 9.48 Å². The number of nitrogens with one attached hydrogen (secondary N) is 1. The van der Waals surface area contributed by atoms with Gasteiger partial charge in [-0.15, -0.1) is 0 Å². The monoisotopic (exact) mass is 284 g/mol. The lowest BCUT2D eigenvalue weighted by atomic mass is 10.0. The third-order valence-corrected chi connectivity index (χ3v) is 3.76. The summed E-state index contributed by atoms with van der Waals surface area (Å²) in [5.74, 6) is 0.141. The summed E-state index contributed by atoms with van der Waals surface area (Å²) in [6.45, 7) is 2.70. The predicted octanol–water partition coefficient (Wildman–Crippen LogP) is 1.45. The van der Waals surface area contributed by atoms with Crippen LogP contribution in [0.25, 0.3) is 0 Å². The largest absolute Gasteiger partial charge is 0.311 e. The zero-order chi connectivity index (χ0) is 14.5. The Morgan fingerprint density at radius 2 is 2.19 bits per heavy atom. The second kappa shape index (κ2) is 6.54. The van der Waals surface area contributed by atoms with Crippen molar-refractivity contribution < 1.29 is 4.79 Å². The summed E-state index contributed by atoms with van der Waals surface area (Å²) in [7, 11) is 0. The maximum Gasteiger partial charge on any atom is 0.240 e. The molecule has 1 N–H and O–H groups in total. The van der Waals surface area contributed by atoms with Crippen molar-refractivity contribution in [2.45, 2.75) is 19.4 Å². The Morgan fingerprint density at radius 3 is 3.05 bits per heavy atom. The van der Waals surface area contributed by atoms with Gasteiger partial charge in [0.15, 0.2) is 0 Å². The normalized spacial score (nSPS) is 14.0. The van der Waals surface area contributed by atoms with Crippen LogP contribution in [-0.2, 0) is 17.8 Å². The first-order chi connectivity index (χ1) is 10.3. The molecule has 0 bridgehead atoms. The van der Waals surface area contributed by atoms with Crippen molar-refractivity contribution in [3.8, 4) is 0 Å². The Morgan fingerprint density at radius 1 is 1.29 bits per heavy atom. The van der Waals surface area contributed by atoms with Crippen LogP contribution in [-0.4, -0.2) is 35.3 Å². The van der Waals surface area contributed by atoms with Crippen LogP contribution in [0.1, 0.15) is 12.0 Å². The fourth-order valence-corrected chi connectivity index (χ4v) is 2.71. The number of hydrogen-bond donors (Lipinski definition) is 1. The average Bonchev–Trinajstić information content (AvgIpc) is 3.04. The van der Waals surface area contributed by atoms with E-state index in [1.54, 1.807) is 6.20 Å². The molecule has 0 radical (unpaired) electrons. The molecular formula is C16H20N4O. The molecule has 2 aromatic rings. The molecule has 1 aliphatic rings. The highest BCUT2D eigenvalue weighted by atomic mass is 16.2. The summed E-state index contributed by atoms with van der Waals surface area (Å²) in [5.41, 5.74) is 2.34. The van der Waals surface area contributed by atoms with E-state index >= 15 is 0 Å². The molecule has 1 aliphatic heterocycles. The summed E-state index contributed by atoms with van der Waals surface area (Å²) >= 11 is 0. The minimum atomic E-state index is 0.141. The van der Waals surface area contributed by atoms with Crippen LogP contribution in [0.3, 0.4) is 0 Å². The number of carbonyl (C=O) groups is 1. The Hall–Kier alpha value is -2.14. The fourth-order valence-electron chi connectivity index (χ4n) is 2.71. The highest BCUT2D eigenvalue weighted by Gasteiger charge is 2.21. The molecule has 0 saturated heterocycles. The Kier molecular flexibility index (Phi) is 4.31. The summed E-state index contributed by atoms with van der Waals surface area (Å²) in [6.07, 6.45) is 5.78. The summed E-state index contributed by atoms with van der Waals surface area (Å²) in [4.78, 5) is 14.3. The number of aryl methyl sites for hydroxylation is 1. The smallest absolute Gasteiger partial charge is 0.240 e. The zero-order valence-electron chi connectivity index (χ0n) is 12.0. The van der Waals surface area contributed by atoms with Crippen molar-refractivity contribution in [3.05, 3.63) is 48.3 Å². The maximum atomic E-state index is 12.4. The van der Waals surface area contributed by atoms with Crippen molar-refractivity contribution in [1.29, 1.82) is 0 Å². The number of rotatable bonds is 5. The number of fused-ring (bicyclic) bond motifs is 1. The van der Waals surface area contributed by atoms with Crippen LogP contribution in [0, 0.1) is 0 Å². The van der Waals surface area contributed by atoms with Gasteiger partial charge in [0.25, 0.3) is 0 Å². The molecule has 0 spiro atoms. The molecule has 5 nitrogen and oxygen atoms in total. The first kappa shape index (κ1) is 13.8. The van der Waals surface area contributed by atoms with Crippen molar-refractivity contribution in [1.82, 2.24) is 15.1 Å². The van der Waals surface area contributed by atoms with Gasteiger partial charge in [-0.1, -0.05) is 18.2 Å². The van der Waals surface area contributed by atoms with Crippen molar-refractivity contribution in [3.63, 3.8) is 0 Å². The predicted molar refractivity (Wildman–Crippen MR) is 82.2 cm³/mol. The van der Waals surface area contributed by atoms with Gasteiger partial charge < -0.3 is 10.2 Å². The van der Waals surface area contributed by atoms with Crippen LogP contribution in [0.15, 0.2) is 42.7 Å². The molecule has 0 fully saturated rings. The van der Waals surface area contributed by atoms with E-state index < -0.39 is 0 Å². The first-order valence-electron chi connectivity index (χ1n) is 7.41. The number of benzene rings is 1. The summed E-state index contributed by atoms with van der Waals surface area (Å²) < 4.78 is 1.85. The Bertz CT molecular complexity index is 594. The third-order valence-electron chi connectivity index (χ3n) is 3.76. The number of amides is 1. The van der Waals surface area contributed by atoms with E-state index in [1.165, 1.54) is 5.56 Å². The molecule has 1 amide bonds. The maximum absolute atomic E-state index is 12.4. The summed E-state index contributed by atoms with van der Waals surface area (Å²) in [5, 5.41) is 7.33. The van der Waals surface area contributed by atoms with Crippen molar-refractivity contribution >= 4 is 11.6 Å². The lowest BCUT2D eigenvalue weighted by Gasteiger charge is -2.29. The van der Waals surface area contributed by atoms with Gasteiger partial charge in [0.05, 0.1) is 13.1 Å². The van der Waals surface area contributed by atoms with Gasteiger partial charge in [0.1, 0.15) is 0 Å². The van der Waals surface area contributed by atoms with Crippen molar-refractivity contribution in [2.75, 3.05) is 24.5 Å². The van der Waals surface area contributed by atoms with Gasteiger partial charge in [0.2, 0.25) is 5.91 Å². The quantitative estimate of drug-likeness (QED) is 0.846. The lowest BCUT2D eigenvalue weighted by molar-refractivity contribution is -0.117. The first-order valence-corrected chi connectivity index (χ1v) is 7.41. The van der Waals surface area contributed by atoms with Crippen LogP contribution < -0.4 is 10.2 Å². The van der Waals surface area contributed by atoms with Crippen molar-refractivity contribution in [2.24, 2.45) is 0 Å². The van der Waals surface area contributed by atoms with Crippen LogP contribution in [0.2, 0.25) is 0 Å². The molecule has 1 aromatic heterocycles. The summed E-state index contributed by atoms with van der Waals surface area (Å²) in [6, 6.07) is 10.1. The fraction of sp³-hybridized carbons (Fsp3) is 0.375. The number of para-hydroxylation sites is 1.